The van der Waals surface area contributed by atoms with E-state index in [0.717, 1.165) is 24.8 Å². The second-order valence-electron chi connectivity index (χ2n) is 6.83. The quantitative estimate of drug-likeness (QED) is 0.567. The number of carbonyl (C=O) groups excluding carboxylic acids is 2. The first-order chi connectivity index (χ1) is 12.5. The summed E-state index contributed by atoms with van der Waals surface area (Å²) >= 11 is 6.26. The maximum Gasteiger partial charge on any atom is 0.309 e. The van der Waals surface area contributed by atoms with Gasteiger partial charge in [0.05, 0.1) is 6.04 Å². The molecule has 0 fully saturated rings. The molecule has 0 aliphatic heterocycles. The van der Waals surface area contributed by atoms with E-state index in [-0.39, 0.29) is 6.04 Å². The number of carbonyl (C=O) groups is 2. The van der Waals surface area contributed by atoms with Crippen molar-refractivity contribution < 1.29 is 9.59 Å². The Kier molecular flexibility index (Phi) is 8.13. The maximum absolute atomic E-state index is 12.1. The Morgan fingerprint density at radius 3 is 2.54 bits per heavy atom. The van der Waals surface area contributed by atoms with E-state index in [1.807, 2.05) is 43.3 Å². The number of hydrogen-bond donors (Lipinski definition) is 2. The molecule has 1 unspecified atom stereocenters. The molecule has 0 radical (unpaired) electrons. The predicted octanol–water partition coefficient (Wildman–Crippen LogP) is 3.07. The molecule has 2 N–H and O–H groups in total. The molecule has 0 saturated carbocycles. The number of amides is 2. The summed E-state index contributed by atoms with van der Waals surface area (Å²) in [7, 11) is 3.83. The fourth-order valence-electron chi connectivity index (χ4n) is 3.13. The zero-order chi connectivity index (χ0) is 18.9. The summed E-state index contributed by atoms with van der Waals surface area (Å²) in [6.07, 6.45) is 7.76. The molecule has 1 aromatic rings. The SMILES string of the molecule is CN(C)C(CNC(=O)C(=O)NCCC1=CCCCC1)c1ccccc1Cl. The van der Waals surface area contributed by atoms with E-state index in [9.17, 15) is 9.59 Å². The number of benzene rings is 1. The van der Waals surface area contributed by atoms with Gasteiger partial charge >= 0.3 is 11.8 Å². The van der Waals surface area contributed by atoms with Crippen molar-refractivity contribution in [3.8, 4) is 0 Å². The van der Waals surface area contributed by atoms with E-state index in [1.54, 1.807) is 0 Å². The van der Waals surface area contributed by atoms with Crippen LogP contribution in [0.2, 0.25) is 5.02 Å². The number of nitrogens with one attached hydrogen (secondary N) is 2. The van der Waals surface area contributed by atoms with Crippen LogP contribution in [0.1, 0.15) is 43.7 Å². The molecule has 1 aromatic carbocycles. The van der Waals surface area contributed by atoms with Gasteiger partial charge in [0.1, 0.15) is 0 Å². The fraction of sp³-hybridized carbons (Fsp3) is 0.500. The minimum Gasteiger partial charge on any atom is -0.348 e. The van der Waals surface area contributed by atoms with Crippen molar-refractivity contribution in [2.45, 2.75) is 38.1 Å². The number of likely N-dealkylation sites (N-methyl/N-ethyl adjacent to an activating group) is 1. The van der Waals surface area contributed by atoms with Crippen molar-refractivity contribution in [3.05, 3.63) is 46.5 Å². The van der Waals surface area contributed by atoms with Crippen LogP contribution in [0.3, 0.4) is 0 Å². The smallest absolute Gasteiger partial charge is 0.309 e. The van der Waals surface area contributed by atoms with Crippen LogP contribution in [0.4, 0.5) is 0 Å². The van der Waals surface area contributed by atoms with E-state index in [1.165, 1.54) is 18.4 Å². The molecular formula is C20H28ClN3O2. The lowest BCUT2D eigenvalue weighted by Crippen LogP contribution is -2.43. The average molecular weight is 378 g/mol. The van der Waals surface area contributed by atoms with Crippen LogP contribution in [0, 0.1) is 0 Å². The monoisotopic (exact) mass is 377 g/mol. The van der Waals surface area contributed by atoms with Gasteiger partial charge in [-0.15, -0.1) is 0 Å². The largest absolute Gasteiger partial charge is 0.348 e. The molecular weight excluding hydrogens is 350 g/mol. The molecule has 2 amide bonds. The zero-order valence-electron chi connectivity index (χ0n) is 15.6. The van der Waals surface area contributed by atoms with Gasteiger partial charge in [0.2, 0.25) is 0 Å². The molecule has 0 aromatic heterocycles. The van der Waals surface area contributed by atoms with Gasteiger partial charge in [-0.05, 0) is 57.8 Å². The van der Waals surface area contributed by atoms with Crippen LogP contribution >= 0.6 is 11.6 Å². The first-order valence-electron chi connectivity index (χ1n) is 9.14. The molecule has 2 rings (SSSR count). The third-order valence-corrected chi connectivity index (χ3v) is 5.01. The third kappa shape index (κ3) is 6.15. The Balaban J connectivity index is 1.80. The molecule has 1 aliphatic carbocycles. The second-order valence-corrected chi connectivity index (χ2v) is 7.23. The first kappa shape index (κ1) is 20.5. The van der Waals surface area contributed by atoms with Crippen molar-refractivity contribution in [1.29, 1.82) is 0 Å². The lowest BCUT2D eigenvalue weighted by atomic mass is 9.97. The Bertz CT molecular complexity index is 658. The Labute approximate surface area is 160 Å². The molecule has 0 bridgehead atoms. The summed E-state index contributed by atoms with van der Waals surface area (Å²) in [6, 6.07) is 7.42. The van der Waals surface area contributed by atoms with Gasteiger partial charge in [-0.2, -0.15) is 0 Å². The van der Waals surface area contributed by atoms with E-state index in [0.29, 0.717) is 18.1 Å². The van der Waals surface area contributed by atoms with Crippen molar-refractivity contribution in [3.63, 3.8) is 0 Å². The topological polar surface area (TPSA) is 61.4 Å². The minimum atomic E-state index is -0.610. The number of rotatable bonds is 7. The molecule has 142 valence electrons. The fourth-order valence-corrected chi connectivity index (χ4v) is 3.40. The van der Waals surface area contributed by atoms with Gasteiger partial charge in [0.25, 0.3) is 0 Å². The number of nitrogens with zero attached hydrogens (tertiary/aromatic N) is 1. The van der Waals surface area contributed by atoms with E-state index < -0.39 is 11.8 Å². The third-order valence-electron chi connectivity index (χ3n) is 4.67. The van der Waals surface area contributed by atoms with Crippen LogP contribution in [0.15, 0.2) is 35.9 Å². The van der Waals surface area contributed by atoms with E-state index >= 15 is 0 Å². The molecule has 0 heterocycles. The highest BCUT2D eigenvalue weighted by Crippen LogP contribution is 2.25. The van der Waals surface area contributed by atoms with Gasteiger partial charge in [0.15, 0.2) is 0 Å². The van der Waals surface area contributed by atoms with Gasteiger partial charge in [-0.1, -0.05) is 41.4 Å². The minimum absolute atomic E-state index is 0.104. The van der Waals surface area contributed by atoms with Crippen LogP contribution in [0.25, 0.3) is 0 Å². The Morgan fingerprint density at radius 1 is 1.15 bits per heavy atom. The lowest BCUT2D eigenvalue weighted by molar-refractivity contribution is -0.139. The summed E-state index contributed by atoms with van der Waals surface area (Å²) < 4.78 is 0. The summed E-state index contributed by atoms with van der Waals surface area (Å²) in [4.78, 5) is 26.0. The zero-order valence-corrected chi connectivity index (χ0v) is 16.3. The van der Waals surface area contributed by atoms with Gasteiger partial charge in [0, 0.05) is 18.1 Å². The lowest BCUT2D eigenvalue weighted by Gasteiger charge is -2.25. The van der Waals surface area contributed by atoms with Gasteiger partial charge in [-0.25, -0.2) is 0 Å². The second kappa shape index (κ2) is 10.3. The first-order valence-corrected chi connectivity index (χ1v) is 9.51. The van der Waals surface area contributed by atoms with Crippen molar-refractivity contribution in [2.24, 2.45) is 0 Å². The molecule has 5 nitrogen and oxygen atoms in total. The predicted molar refractivity (Wildman–Crippen MR) is 105 cm³/mol. The Morgan fingerprint density at radius 2 is 1.88 bits per heavy atom. The molecule has 0 saturated heterocycles. The molecule has 26 heavy (non-hydrogen) atoms. The van der Waals surface area contributed by atoms with Gasteiger partial charge < -0.3 is 15.5 Å². The van der Waals surface area contributed by atoms with Crippen LogP contribution in [0.5, 0.6) is 0 Å². The summed E-state index contributed by atoms with van der Waals surface area (Å²) in [5.41, 5.74) is 2.30. The Hall–Kier alpha value is -1.85. The van der Waals surface area contributed by atoms with Crippen molar-refractivity contribution in [2.75, 3.05) is 27.2 Å². The van der Waals surface area contributed by atoms with Crippen LogP contribution in [-0.2, 0) is 9.59 Å². The van der Waals surface area contributed by atoms with E-state index in [2.05, 4.69) is 16.7 Å². The number of allylic oxidation sites excluding steroid dienone is 1. The summed E-state index contributed by atoms with van der Waals surface area (Å²) in [6.45, 7) is 0.813. The standard InChI is InChI=1S/C20H28ClN3O2/c1-24(2)18(16-10-6-7-11-17(16)21)14-23-20(26)19(25)22-13-12-15-8-4-3-5-9-15/h6-8,10-11,18H,3-5,9,12-14H2,1-2H3,(H,22,25)(H,23,26). The summed E-state index contributed by atoms with van der Waals surface area (Å²) in [5.74, 6) is -1.19. The molecule has 6 heteroatoms. The van der Waals surface area contributed by atoms with Crippen molar-refractivity contribution >= 4 is 23.4 Å². The highest BCUT2D eigenvalue weighted by Gasteiger charge is 2.20. The molecule has 1 atom stereocenters. The van der Waals surface area contributed by atoms with E-state index in [4.69, 9.17) is 11.6 Å². The normalized spacial score (nSPS) is 15.3. The highest BCUT2D eigenvalue weighted by atomic mass is 35.5. The maximum atomic E-state index is 12.1. The average Bonchev–Trinajstić information content (AvgIpc) is 2.63. The number of halogens is 1. The highest BCUT2D eigenvalue weighted by molar-refractivity contribution is 6.35. The van der Waals surface area contributed by atoms with Crippen molar-refractivity contribution in [1.82, 2.24) is 15.5 Å². The summed E-state index contributed by atoms with van der Waals surface area (Å²) in [5, 5.41) is 6.06. The van der Waals surface area contributed by atoms with Crippen LogP contribution < -0.4 is 10.6 Å². The molecule has 1 aliphatic rings. The molecule has 0 spiro atoms. The number of hydrogen-bond acceptors (Lipinski definition) is 3. The van der Waals surface area contributed by atoms with Crippen LogP contribution in [-0.4, -0.2) is 43.9 Å². The van der Waals surface area contributed by atoms with Gasteiger partial charge in [-0.3, -0.25) is 9.59 Å².